The van der Waals surface area contributed by atoms with Gasteiger partial charge in [-0.15, -0.1) is 0 Å². The molecule has 2 amide bonds. The highest BCUT2D eigenvalue weighted by Gasteiger charge is 2.34. The molecule has 1 atom stereocenters. The minimum Gasteiger partial charge on any atom is -0.497 e. The summed E-state index contributed by atoms with van der Waals surface area (Å²) in [5.74, 6) is -0.489. The molecular formula is C30H35Cl2N3O6S. The molecular weight excluding hydrogens is 601 g/mol. The zero-order valence-electron chi connectivity index (χ0n) is 24.4. The quantitative estimate of drug-likeness (QED) is 0.283. The maximum atomic E-state index is 14.1. The van der Waals surface area contributed by atoms with Crippen molar-refractivity contribution in [1.29, 1.82) is 0 Å². The number of hydrogen-bond donors (Lipinski definition) is 1. The van der Waals surface area contributed by atoms with Crippen LogP contribution in [0.2, 0.25) is 10.0 Å². The van der Waals surface area contributed by atoms with Gasteiger partial charge in [-0.3, -0.25) is 13.9 Å². The molecule has 226 valence electrons. The van der Waals surface area contributed by atoms with Crippen LogP contribution in [-0.4, -0.2) is 58.0 Å². The zero-order valence-corrected chi connectivity index (χ0v) is 26.7. The molecule has 0 saturated carbocycles. The van der Waals surface area contributed by atoms with Gasteiger partial charge in [0.05, 0.1) is 24.8 Å². The van der Waals surface area contributed by atoms with Gasteiger partial charge in [0, 0.05) is 28.7 Å². The summed E-state index contributed by atoms with van der Waals surface area (Å²) in [6.07, 6.45) is 0. The lowest BCUT2D eigenvalue weighted by Crippen LogP contribution is -2.52. The Morgan fingerprint density at radius 1 is 0.929 bits per heavy atom. The number of nitrogens with zero attached hydrogens (tertiary/aromatic N) is 2. The number of benzene rings is 3. The van der Waals surface area contributed by atoms with Gasteiger partial charge in [0.15, 0.2) is 0 Å². The van der Waals surface area contributed by atoms with Crippen LogP contribution in [0.25, 0.3) is 0 Å². The highest BCUT2D eigenvalue weighted by Crippen LogP contribution is 2.36. The van der Waals surface area contributed by atoms with Crippen LogP contribution >= 0.6 is 23.2 Å². The molecule has 1 N–H and O–H groups in total. The van der Waals surface area contributed by atoms with Gasteiger partial charge in [-0.05, 0) is 69.7 Å². The van der Waals surface area contributed by atoms with Crippen molar-refractivity contribution in [2.24, 2.45) is 0 Å². The van der Waals surface area contributed by atoms with Crippen molar-refractivity contribution in [3.63, 3.8) is 0 Å². The van der Waals surface area contributed by atoms with E-state index in [1.165, 1.54) is 43.4 Å². The van der Waals surface area contributed by atoms with Gasteiger partial charge < -0.3 is 19.7 Å². The van der Waals surface area contributed by atoms with E-state index in [2.05, 4.69) is 5.32 Å². The number of nitrogens with one attached hydrogen (secondary N) is 1. The summed E-state index contributed by atoms with van der Waals surface area (Å²) < 4.78 is 40.0. The second-order valence-corrected chi connectivity index (χ2v) is 12.7. The first-order chi connectivity index (χ1) is 19.8. The van der Waals surface area contributed by atoms with Crippen molar-refractivity contribution in [3.8, 4) is 11.5 Å². The second kappa shape index (κ2) is 14.1. The standard InChI is InChI=1S/C30H35Cl2N3O6S/c1-19(2)33-30(37)21(4)34(17-22-9-10-23(31)15-26(22)32)29(36)18-35(27-16-24(40-5)11-14-28(27)41-6)42(38,39)25-12-7-20(3)8-13-25/h7-16,19,21H,17-18H2,1-6H3,(H,33,37). The average Bonchev–Trinajstić information content (AvgIpc) is 2.94. The van der Waals surface area contributed by atoms with Crippen LogP contribution in [0.4, 0.5) is 5.69 Å². The van der Waals surface area contributed by atoms with Gasteiger partial charge >= 0.3 is 0 Å². The Morgan fingerprint density at radius 2 is 1.60 bits per heavy atom. The number of rotatable bonds is 12. The van der Waals surface area contributed by atoms with Gasteiger partial charge in [0.2, 0.25) is 11.8 Å². The van der Waals surface area contributed by atoms with E-state index in [4.69, 9.17) is 32.7 Å². The van der Waals surface area contributed by atoms with Crippen molar-refractivity contribution in [1.82, 2.24) is 10.2 Å². The number of amides is 2. The van der Waals surface area contributed by atoms with Gasteiger partial charge in [-0.1, -0.05) is 47.0 Å². The van der Waals surface area contributed by atoms with Crippen LogP contribution in [-0.2, 0) is 26.2 Å². The third kappa shape index (κ3) is 7.87. The molecule has 0 aliphatic carbocycles. The van der Waals surface area contributed by atoms with E-state index in [0.717, 1.165) is 9.87 Å². The molecule has 0 bridgehead atoms. The number of ether oxygens (including phenoxy) is 2. The zero-order chi connectivity index (χ0) is 31.2. The smallest absolute Gasteiger partial charge is 0.264 e. The number of carbonyl (C=O) groups excluding carboxylic acids is 2. The van der Waals surface area contributed by atoms with Crippen LogP contribution in [0, 0.1) is 6.92 Å². The van der Waals surface area contributed by atoms with E-state index in [0.29, 0.717) is 21.4 Å². The lowest BCUT2D eigenvalue weighted by Gasteiger charge is -2.33. The predicted octanol–water partition coefficient (Wildman–Crippen LogP) is 5.46. The van der Waals surface area contributed by atoms with E-state index in [1.807, 2.05) is 6.92 Å². The van der Waals surface area contributed by atoms with Crippen LogP contribution in [0.15, 0.2) is 65.6 Å². The number of sulfonamides is 1. The highest BCUT2D eigenvalue weighted by atomic mass is 35.5. The normalized spacial score (nSPS) is 12.0. The minimum atomic E-state index is -4.30. The van der Waals surface area contributed by atoms with Crippen molar-refractivity contribution < 1.29 is 27.5 Å². The lowest BCUT2D eigenvalue weighted by atomic mass is 10.1. The molecule has 12 heteroatoms. The number of methoxy groups -OCH3 is 2. The van der Waals surface area contributed by atoms with E-state index < -0.39 is 34.4 Å². The number of aryl methyl sites for hydroxylation is 1. The molecule has 42 heavy (non-hydrogen) atoms. The summed E-state index contributed by atoms with van der Waals surface area (Å²) in [6.45, 7) is 6.30. The van der Waals surface area contributed by atoms with Crippen molar-refractivity contribution >= 4 is 50.7 Å². The molecule has 0 saturated heterocycles. The van der Waals surface area contributed by atoms with Crippen LogP contribution in [0.3, 0.4) is 0 Å². The predicted molar refractivity (Wildman–Crippen MR) is 165 cm³/mol. The monoisotopic (exact) mass is 635 g/mol. The first-order valence-electron chi connectivity index (χ1n) is 13.1. The molecule has 1 unspecified atom stereocenters. The number of carbonyl (C=O) groups is 2. The Labute approximate surface area is 257 Å². The number of halogens is 2. The van der Waals surface area contributed by atoms with Gasteiger partial charge in [0.25, 0.3) is 10.0 Å². The molecule has 0 heterocycles. The Morgan fingerprint density at radius 3 is 2.17 bits per heavy atom. The molecule has 0 aromatic heterocycles. The second-order valence-electron chi connectivity index (χ2n) is 9.96. The summed E-state index contributed by atoms with van der Waals surface area (Å²) in [5, 5.41) is 3.52. The summed E-state index contributed by atoms with van der Waals surface area (Å²) in [6, 6.07) is 14.6. The minimum absolute atomic E-state index is 0.0244. The summed E-state index contributed by atoms with van der Waals surface area (Å²) in [5.41, 5.74) is 1.49. The Balaban J connectivity index is 2.14. The van der Waals surface area contributed by atoms with Gasteiger partial charge in [-0.25, -0.2) is 8.42 Å². The third-order valence-corrected chi connectivity index (χ3v) is 8.86. The maximum absolute atomic E-state index is 14.1. The molecule has 3 rings (SSSR count). The molecule has 3 aromatic carbocycles. The molecule has 0 radical (unpaired) electrons. The first-order valence-corrected chi connectivity index (χ1v) is 15.3. The molecule has 0 spiro atoms. The fourth-order valence-corrected chi connectivity index (χ4v) is 6.05. The molecule has 3 aromatic rings. The van der Waals surface area contributed by atoms with E-state index >= 15 is 0 Å². The van der Waals surface area contributed by atoms with Crippen LogP contribution in [0.5, 0.6) is 11.5 Å². The number of anilines is 1. The van der Waals surface area contributed by atoms with Crippen LogP contribution < -0.4 is 19.1 Å². The summed E-state index contributed by atoms with van der Waals surface area (Å²) >= 11 is 12.5. The largest absolute Gasteiger partial charge is 0.497 e. The molecule has 9 nitrogen and oxygen atoms in total. The Hall–Kier alpha value is -3.47. The molecule has 0 aliphatic rings. The van der Waals surface area contributed by atoms with Crippen LogP contribution in [0.1, 0.15) is 31.9 Å². The van der Waals surface area contributed by atoms with Crippen molar-refractivity contribution in [2.45, 2.75) is 51.2 Å². The maximum Gasteiger partial charge on any atom is 0.264 e. The van der Waals surface area contributed by atoms with Gasteiger partial charge in [0.1, 0.15) is 24.1 Å². The van der Waals surface area contributed by atoms with E-state index in [9.17, 15) is 18.0 Å². The van der Waals surface area contributed by atoms with E-state index in [1.54, 1.807) is 57.2 Å². The summed E-state index contributed by atoms with van der Waals surface area (Å²) in [7, 11) is -1.46. The molecule has 0 aliphatic heterocycles. The fourth-order valence-electron chi connectivity index (χ4n) is 4.16. The molecule has 0 fully saturated rings. The first kappa shape index (κ1) is 33.0. The lowest BCUT2D eigenvalue weighted by molar-refractivity contribution is -0.139. The van der Waals surface area contributed by atoms with Crippen molar-refractivity contribution in [3.05, 3.63) is 81.8 Å². The Kier molecular flexibility index (Phi) is 11.1. The SMILES string of the molecule is COc1ccc(OC)c(N(CC(=O)N(Cc2ccc(Cl)cc2Cl)C(C)C(=O)NC(C)C)S(=O)(=O)c2ccc(C)cc2)c1. The summed E-state index contributed by atoms with van der Waals surface area (Å²) in [4.78, 5) is 28.5. The number of hydrogen-bond acceptors (Lipinski definition) is 6. The fraction of sp³-hybridized carbons (Fsp3) is 0.333. The van der Waals surface area contributed by atoms with Crippen molar-refractivity contribution in [2.75, 3.05) is 25.1 Å². The topological polar surface area (TPSA) is 105 Å². The average molecular weight is 637 g/mol. The highest BCUT2D eigenvalue weighted by molar-refractivity contribution is 7.92. The third-order valence-electron chi connectivity index (χ3n) is 6.50. The van der Waals surface area contributed by atoms with Gasteiger partial charge in [-0.2, -0.15) is 0 Å². The van der Waals surface area contributed by atoms with E-state index in [-0.39, 0.29) is 28.9 Å². The Bertz CT molecular complexity index is 1530.